The van der Waals surface area contributed by atoms with Gasteiger partial charge in [0.1, 0.15) is 17.2 Å². The summed E-state index contributed by atoms with van der Waals surface area (Å²) in [7, 11) is -2.44. The highest BCUT2D eigenvalue weighted by Crippen LogP contribution is 2.35. The monoisotopic (exact) mass is 509 g/mol. The zero-order valence-corrected chi connectivity index (χ0v) is 20.6. The van der Waals surface area contributed by atoms with Crippen LogP contribution in [0.3, 0.4) is 0 Å². The number of ether oxygens (including phenoxy) is 2. The number of anilines is 1. The van der Waals surface area contributed by atoms with Crippen LogP contribution < -0.4 is 19.8 Å². The van der Waals surface area contributed by atoms with Crippen molar-refractivity contribution in [2.24, 2.45) is 5.92 Å². The van der Waals surface area contributed by atoms with Crippen molar-refractivity contribution in [1.29, 1.82) is 0 Å². The van der Waals surface area contributed by atoms with Crippen molar-refractivity contribution in [3.63, 3.8) is 0 Å². The maximum atomic E-state index is 13.2. The molecule has 0 radical (unpaired) electrons. The van der Waals surface area contributed by atoms with E-state index in [0.29, 0.717) is 31.1 Å². The molecule has 10 heteroatoms. The Bertz CT molecular complexity index is 1420. The predicted octanol–water partition coefficient (Wildman–Crippen LogP) is 2.68. The number of para-hydroxylation sites is 1. The van der Waals surface area contributed by atoms with Gasteiger partial charge < -0.3 is 18.9 Å². The predicted molar refractivity (Wildman–Crippen MR) is 134 cm³/mol. The van der Waals surface area contributed by atoms with Crippen LogP contribution in [0.1, 0.15) is 18.0 Å². The summed E-state index contributed by atoms with van der Waals surface area (Å²) in [5.41, 5.74) is 0.426. The maximum Gasteiger partial charge on any atom is 0.275 e. The van der Waals surface area contributed by atoms with E-state index in [0.717, 1.165) is 12.1 Å². The van der Waals surface area contributed by atoms with Crippen molar-refractivity contribution in [3.05, 3.63) is 82.8 Å². The number of fused-ring (bicyclic) bond motifs is 4. The van der Waals surface area contributed by atoms with Gasteiger partial charge in [0, 0.05) is 31.2 Å². The number of piperidine rings is 1. The number of carbonyl (C=O) groups excluding carboxylic acids is 1. The number of amides is 1. The largest absolute Gasteiger partial charge is 0.497 e. The van der Waals surface area contributed by atoms with Gasteiger partial charge >= 0.3 is 0 Å². The fraction of sp³-hybridized carbons (Fsp3) is 0.308. The van der Waals surface area contributed by atoms with Gasteiger partial charge in [-0.05, 0) is 60.9 Å². The summed E-state index contributed by atoms with van der Waals surface area (Å²) in [4.78, 5) is 27.9. The van der Waals surface area contributed by atoms with Crippen LogP contribution >= 0.6 is 0 Å². The normalized spacial score (nSPS) is 18.8. The lowest BCUT2D eigenvalue weighted by atomic mass is 9.83. The summed E-state index contributed by atoms with van der Waals surface area (Å²) in [6, 6.07) is 18.4. The second-order valence-corrected chi connectivity index (χ2v) is 10.8. The number of hydrogen-bond donors (Lipinski definition) is 1. The van der Waals surface area contributed by atoms with Crippen molar-refractivity contribution in [1.82, 2.24) is 9.47 Å². The number of carbonyl (C=O) groups is 1. The second kappa shape index (κ2) is 9.69. The molecule has 0 spiro atoms. The fourth-order valence-corrected chi connectivity index (χ4v) is 6.00. The highest BCUT2D eigenvalue weighted by molar-refractivity contribution is 7.92. The highest BCUT2D eigenvalue weighted by Gasteiger charge is 2.37. The number of nitrogens with zero attached hydrogens (tertiary/aromatic N) is 2. The van der Waals surface area contributed by atoms with Gasteiger partial charge in [0.25, 0.3) is 21.5 Å². The molecule has 9 nitrogen and oxygen atoms in total. The molecule has 2 aliphatic heterocycles. The van der Waals surface area contributed by atoms with E-state index in [1.807, 2.05) is 18.2 Å². The van der Waals surface area contributed by atoms with Crippen LogP contribution in [-0.4, -0.2) is 50.6 Å². The Balaban J connectivity index is 1.31. The smallest absolute Gasteiger partial charge is 0.275 e. The molecule has 2 atom stereocenters. The molecule has 1 saturated heterocycles. The average molecular weight is 510 g/mol. The number of rotatable bonds is 7. The van der Waals surface area contributed by atoms with E-state index >= 15 is 0 Å². The molecule has 0 aliphatic carbocycles. The lowest BCUT2D eigenvalue weighted by molar-refractivity contribution is -0.136. The SMILES string of the molecule is COc1ccc(S(=O)(=O)Nc2ccc3n(c2=O)C[C@@H]2C[C@@H]3CN(C(=O)COc3ccccc3)C2)cc1. The van der Waals surface area contributed by atoms with E-state index < -0.39 is 10.0 Å². The number of likely N-dealkylation sites (tertiary alicyclic amines) is 1. The number of sulfonamides is 1. The molecule has 1 aromatic heterocycles. The van der Waals surface area contributed by atoms with Gasteiger partial charge in [0.05, 0.1) is 12.0 Å². The third-order valence-corrected chi connectivity index (χ3v) is 8.06. The number of benzene rings is 2. The Kier molecular flexibility index (Phi) is 6.44. The van der Waals surface area contributed by atoms with Crippen molar-refractivity contribution in [2.75, 3.05) is 31.5 Å². The highest BCUT2D eigenvalue weighted by atomic mass is 32.2. The summed E-state index contributed by atoms with van der Waals surface area (Å²) in [5.74, 6) is 1.19. The summed E-state index contributed by atoms with van der Waals surface area (Å²) >= 11 is 0. The fourth-order valence-electron chi connectivity index (χ4n) is 4.94. The molecule has 0 saturated carbocycles. The van der Waals surface area contributed by atoms with Gasteiger partial charge in [-0.25, -0.2) is 8.42 Å². The van der Waals surface area contributed by atoms with Crippen LogP contribution in [0.4, 0.5) is 5.69 Å². The van der Waals surface area contributed by atoms with E-state index in [1.165, 1.54) is 25.3 Å². The van der Waals surface area contributed by atoms with Crippen LogP contribution in [0.15, 0.2) is 76.4 Å². The molecule has 2 bridgehead atoms. The van der Waals surface area contributed by atoms with Crippen molar-refractivity contribution < 1.29 is 22.7 Å². The second-order valence-electron chi connectivity index (χ2n) is 9.07. The first-order chi connectivity index (χ1) is 17.3. The first-order valence-electron chi connectivity index (χ1n) is 11.7. The summed E-state index contributed by atoms with van der Waals surface area (Å²) in [5, 5.41) is 0. The molecule has 3 heterocycles. The minimum Gasteiger partial charge on any atom is -0.497 e. The van der Waals surface area contributed by atoms with E-state index in [-0.39, 0.29) is 40.5 Å². The van der Waals surface area contributed by atoms with E-state index in [4.69, 9.17) is 9.47 Å². The molecular weight excluding hydrogens is 482 g/mol. The molecule has 188 valence electrons. The lowest BCUT2D eigenvalue weighted by Gasteiger charge is -2.42. The maximum absolute atomic E-state index is 13.2. The third kappa shape index (κ3) is 4.81. The van der Waals surface area contributed by atoms with Crippen molar-refractivity contribution >= 4 is 21.6 Å². The zero-order valence-electron chi connectivity index (χ0n) is 19.8. The van der Waals surface area contributed by atoms with Gasteiger partial charge in [-0.1, -0.05) is 18.2 Å². The van der Waals surface area contributed by atoms with Crippen molar-refractivity contribution in [3.8, 4) is 11.5 Å². The van der Waals surface area contributed by atoms with Gasteiger partial charge in [0.15, 0.2) is 6.61 Å². The van der Waals surface area contributed by atoms with E-state index in [2.05, 4.69) is 4.72 Å². The number of hydrogen-bond acceptors (Lipinski definition) is 6. The van der Waals surface area contributed by atoms with Crippen LogP contribution in [0, 0.1) is 5.92 Å². The molecular formula is C26H27N3O6S. The first kappa shape index (κ1) is 23.9. The van der Waals surface area contributed by atoms with Crippen LogP contribution in [0.5, 0.6) is 11.5 Å². The molecule has 2 aromatic carbocycles. The number of nitrogens with one attached hydrogen (secondary N) is 1. The Morgan fingerprint density at radius 2 is 1.72 bits per heavy atom. The summed E-state index contributed by atoms with van der Waals surface area (Å²) in [6.45, 7) is 1.40. The molecule has 1 fully saturated rings. The number of methoxy groups -OCH3 is 1. The molecule has 1 amide bonds. The Morgan fingerprint density at radius 1 is 0.972 bits per heavy atom. The molecule has 1 N–H and O–H groups in total. The molecule has 0 unspecified atom stereocenters. The summed E-state index contributed by atoms with van der Waals surface area (Å²) in [6.07, 6.45) is 0.875. The molecule has 3 aromatic rings. The minimum absolute atomic E-state index is 0.00117. The Morgan fingerprint density at radius 3 is 2.44 bits per heavy atom. The minimum atomic E-state index is -3.94. The van der Waals surface area contributed by atoms with E-state index in [1.54, 1.807) is 39.8 Å². The first-order valence-corrected chi connectivity index (χ1v) is 13.2. The quantitative estimate of drug-likeness (QED) is 0.525. The lowest BCUT2D eigenvalue weighted by Crippen LogP contribution is -2.50. The summed E-state index contributed by atoms with van der Waals surface area (Å²) < 4.78 is 40.5. The van der Waals surface area contributed by atoms with Gasteiger partial charge in [-0.2, -0.15) is 0 Å². The zero-order chi connectivity index (χ0) is 25.3. The van der Waals surface area contributed by atoms with Crippen LogP contribution in [0.2, 0.25) is 0 Å². The van der Waals surface area contributed by atoms with Crippen molar-refractivity contribution in [2.45, 2.75) is 23.8 Å². The van der Waals surface area contributed by atoms with Gasteiger partial charge in [0.2, 0.25) is 0 Å². The average Bonchev–Trinajstić information content (AvgIpc) is 2.89. The Hall–Kier alpha value is -3.79. The Labute approximate surface area is 209 Å². The van der Waals surface area contributed by atoms with Gasteiger partial charge in [-0.3, -0.25) is 14.3 Å². The van der Waals surface area contributed by atoms with Crippen LogP contribution in [-0.2, 0) is 21.4 Å². The topological polar surface area (TPSA) is 107 Å². The standard InChI is InChI=1S/C26H27N3O6S/c1-34-20-7-9-22(10-8-20)36(32,33)27-23-11-12-24-19-13-18(15-29(24)26(23)31)14-28(16-19)25(30)17-35-21-5-3-2-4-6-21/h2-12,18-19,27H,13-17H2,1H3/t18-,19-/m1/s1. The molecule has 36 heavy (non-hydrogen) atoms. The third-order valence-electron chi connectivity index (χ3n) is 6.68. The van der Waals surface area contributed by atoms with E-state index in [9.17, 15) is 18.0 Å². The molecule has 2 aliphatic rings. The number of aromatic nitrogens is 1. The van der Waals surface area contributed by atoms with Crippen LogP contribution in [0.25, 0.3) is 0 Å². The number of pyridine rings is 1. The molecule has 5 rings (SSSR count). The van der Waals surface area contributed by atoms with Gasteiger partial charge in [-0.15, -0.1) is 0 Å².